The number of ketones is 1. The van der Waals surface area contributed by atoms with Crippen molar-refractivity contribution < 1.29 is 19.1 Å². The summed E-state index contributed by atoms with van der Waals surface area (Å²) < 4.78 is 10.4. The van der Waals surface area contributed by atoms with Crippen molar-refractivity contribution in [2.45, 2.75) is 39.7 Å². The smallest absolute Gasteiger partial charge is 0.434 e. The van der Waals surface area contributed by atoms with Crippen molar-refractivity contribution in [1.29, 1.82) is 0 Å². The number of hydrogen-bond donors (Lipinski definition) is 1. The van der Waals surface area contributed by atoms with Gasteiger partial charge in [0.25, 0.3) is 0 Å². The number of hydrogen-bond acceptors (Lipinski definition) is 5. The molecule has 0 atom stereocenters. The van der Waals surface area contributed by atoms with E-state index < -0.39 is 11.8 Å². The van der Waals surface area contributed by atoms with Crippen LogP contribution in [0.15, 0.2) is 66.7 Å². The quantitative estimate of drug-likeness (QED) is 0.297. The van der Waals surface area contributed by atoms with E-state index in [1.54, 1.807) is 39.0 Å². The molecule has 6 heteroatoms. The Hall–Kier alpha value is -3.31. The third-order valence-corrected chi connectivity index (χ3v) is 5.19. The lowest BCUT2D eigenvalue weighted by molar-refractivity contribution is -0.00662. The van der Waals surface area contributed by atoms with E-state index in [2.05, 4.69) is 5.32 Å². The van der Waals surface area contributed by atoms with Crippen LogP contribution in [0.2, 0.25) is 5.02 Å². The van der Waals surface area contributed by atoms with Crippen molar-refractivity contribution in [3.63, 3.8) is 0 Å². The summed E-state index contributed by atoms with van der Waals surface area (Å²) in [6.07, 6.45) is -0.173. The molecule has 0 aliphatic carbocycles. The summed E-state index contributed by atoms with van der Waals surface area (Å²) in [5, 5.41) is 3.71. The molecule has 0 bridgehead atoms. The average Bonchev–Trinajstić information content (AvgIpc) is 2.74. The maximum atomic E-state index is 12.9. The van der Waals surface area contributed by atoms with Crippen molar-refractivity contribution in [2.75, 3.05) is 11.9 Å². The summed E-state index contributed by atoms with van der Waals surface area (Å²) >= 11 is 6.47. The topological polar surface area (TPSA) is 64.6 Å². The summed E-state index contributed by atoms with van der Waals surface area (Å²) in [5.74, 6) is -0.107. The van der Waals surface area contributed by atoms with Gasteiger partial charge in [-0.2, -0.15) is 0 Å². The molecule has 5 nitrogen and oxygen atoms in total. The molecule has 0 unspecified atom stereocenters. The van der Waals surface area contributed by atoms with Crippen LogP contribution in [0.25, 0.3) is 0 Å². The minimum atomic E-state index is -0.686. The van der Waals surface area contributed by atoms with Gasteiger partial charge in [-0.05, 0) is 63.1 Å². The predicted molar refractivity (Wildman–Crippen MR) is 132 cm³/mol. The molecule has 33 heavy (non-hydrogen) atoms. The van der Waals surface area contributed by atoms with Gasteiger partial charge in [0.2, 0.25) is 0 Å². The number of ether oxygens (including phenoxy) is 2. The zero-order chi connectivity index (χ0) is 24.0. The Morgan fingerprint density at radius 3 is 2.33 bits per heavy atom. The first-order valence-corrected chi connectivity index (χ1v) is 11.1. The average molecular weight is 466 g/mol. The number of nitrogens with one attached hydrogen (secondary N) is 1. The molecule has 0 aliphatic rings. The number of carbonyl (C=O) groups excluding carboxylic acids is 2. The van der Waals surface area contributed by atoms with E-state index in [0.717, 1.165) is 22.5 Å². The fourth-order valence-electron chi connectivity index (χ4n) is 3.29. The van der Waals surface area contributed by atoms with E-state index in [-0.39, 0.29) is 12.4 Å². The van der Waals surface area contributed by atoms with Gasteiger partial charge >= 0.3 is 6.16 Å². The molecular weight excluding hydrogens is 438 g/mol. The summed E-state index contributed by atoms with van der Waals surface area (Å²) in [6.45, 7) is 7.47. The largest absolute Gasteiger partial charge is 0.508 e. The second kappa shape index (κ2) is 10.5. The van der Waals surface area contributed by atoms with Crippen molar-refractivity contribution in [1.82, 2.24) is 0 Å². The van der Waals surface area contributed by atoms with Crippen molar-refractivity contribution in [2.24, 2.45) is 0 Å². The molecule has 1 N–H and O–H groups in total. The minimum absolute atomic E-state index is 0.107. The van der Waals surface area contributed by atoms with Crippen LogP contribution in [0.1, 0.15) is 47.8 Å². The van der Waals surface area contributed by atoms with E-state index >= 15 is 0 Å². The standard InChI is InChI=1S/C27H28ClNO4/c1-18-9-5-7-11-21(18)25(30)22-14-13-20(17-23(22)28)29-24-12-8-6-10-19(24)15-16-32-26(31)33-27(2,3)4/h5-14,17,29H,15-16H2,1-4H3. The monoisotopic (exact) mass is 465 g/mol. The summed E-state index contributed by atoms with van der Waals surface area (Å²) in [4.78, 5) is 24.7. The maximum absolute atomic E-state index is 12.9. The van der Waals surface area contributed by atoms with Gasteiger partial charge in [-0.25, -0.2) is 4.79 Å². The molecule has 0 radical (unpaired) electrons. The van der Waals surface area contributed by atoms with Gasteiger partial charge in [-0.3, -0.25) is 4.79 Å². The zero-order valence-corrected chi connectivity index (χ0v) is 20.0. The summed E-state index contributed by atoms with van der Waals surface area (Å²) in [5.41, 5.74) is 3.98. The molecular formula is C27H28ClNO4. The Bertz CT molecular complexity index is 1150. The molecule has 0 fully saturated rings. The highest BCUT2D eigenvalue weighted by Crippen LogP contribution is 2.28. The van der Waals surface area contributed by atoms with Gasteiger partial charge in [0.15, 0.2) is 5.78 Å². The lowest BCUT2D eigenvalue weighted by Gasteiger charge is -2.19. The summed E-state index contributed by atoms with van der Waals surface area (Å²) in [7, 11) is 0. The SMILES string of the molecule is Cc1ccccc1C(=O)c1ccc(Nc2ccccc2CCOC(=O)OC(C)(C)C)cc1Cl. The van der Waals surface area contributed by atoms with Crippen LogP contribution in [0.4, 0.5) is 16.2 Å². The maximum Gasteiger partial charge on any atom is 0.508 e. The Labute approximate surface area is 199 Å². The summed E-state index contributed by atoms with van der Waals surface area (Å²) in [6, 6.07) is 20.5. The van der Waals surface area contributed by atoms with Gasteiger partial charge in [-0.1, -0.05) is 54.1 Å². The Balaban J connectivity index is 1.69. The Morgan fingerprint density at radius 2 is 1.64 bits per heavy atom. The van der Waals surface area contributed by atoms with Crippen LogP contribution in [-0.4, -0.2) is 24.1 Å². The second-order valence-corrected chi connectivity index (χ2v) is 9.09. The van der Waals surface area contributed by atoms with Crippen molar-refractivity contribution >= 4 is 34.9 Å². The van der Waals surface area contributed by atoms with Crippen LogP contribution < -0.4 is 5.32 Å². The van der Waals surface area contributed by atoms with E-state index in [9.17, 15) is 9.59 Å². The van der Waals surface area contributed by atoms with Crippen molar-refractivity contribution in [3.05, 3.63) is 94.0 Å². The number of para-hydroxylation sites is 1. The van der Waals surface area contributed by atoms with E-state index in [1.165, 1.54) is 0 Å². The fraction of sp³-hybridized carbons (Fsp3) is 0.259. The predicted octanol–water partition coefficient (Wildman–Crippen LogP) is 7.12. The van der Waals surface area contributed by atoms with E-state index in [4.69, 9.17) is 21.1 Å². The molecule has 3 rings (SSSR count). The van der Waals surface area contributed by atoms with Crippen LogP contribution in [0, 0.1) is 6.92 Å². The van der Waals surface area contributed by atoms with Gasteiger partial charge in [0.05, 0.1) is 11.6 Å². The highest BCUT2D eigenvalue weighted by Gasteiger charge is 2.18. The first-order valence-electron chi connectivity index (χ1n) is 10.7. The molecule has 0 amide bonds. The van der Waals surface area contributed by atoms with Gasteiger partial charge < -0.3 is 14.8 Å². The van der Waals surface area contributed by atoms with Gasteiger partial charge in [0, 0.05) is 28.9 Å². The molecule has 0 aromatic heterocycles. The number of anilines is 2. The Morgan fingerprint density at radius 1 is 0.939 bits per heavy atom. The van der Waals surface area contributed by atoms with Crippen molar-refractivity contribution in [3.8, 4) is 0 Å². The fourth-order valence-corrected chi connectivity index (χ4v) is 3.56. The first-order chi connectivity index (χ1) is 15.6. The first kappa shape index (κ1) is 24.3. The van der Waals surface area contributed by atoms with Crippen LogP contribution in [0.3, 0.4) is 0 Å². The lowest BCUT2D eigenvalue weighted by Crippen LogP contribution is -2.24. The van der Waals surface area contributed by atoms with Crippen LogP contribution in [-0.2, 0) is 15.9 Å². The van der Waals surface area contributed by atoms with Gasteiger partial charge in [0.1, 0.15) is 5.60 Å². The number of benzene rings is 3. The van der Waals surface area contributed by atoms with E-state index in [1.807, 2.05) is 55.5 Å². The van der Waals surface area contributed by atoms with E-state index in [0.29, 0.717) is 22.6 Å². The number of rotatable bonds is 7. The Kier molecular flexibility index (Phi) is 7.77. The number of aryl methyl sites for hydroxylation is 1. The highest BCUT2D eigenvalue weighted by molar-refractivity contribution is 6.35. The molecule has 0 spiro atoms. The highest BCUT2D eigenvalue weighted by atomic mass is 35.5. The van der Waals surface area contributed by atoms with Crippen LogP contribution >= 0.6 is 11.6 Å². The van der Waals surface area contributed by atoms with Crippen LogP contribution in [0.5, 0.6) is 0 Å². The molecule has 0 saturated carbocycles. The molecule has 0 heterocycles. The molecule has 3 aromatic carbocycles. The zero-order valence-electron chi connectivity index (χ0n) is 19.3. The normalized spacial score (nSPS) is 11.1. The molecule has 3 aromatic rings. The third-order valence-electron chi connectivity index (χ3n) is 4.88. The minimum Gasteiger partial charge on any atom is -0.434 e. The second-order valence-electron chi connectivity index (χ2n) is 8.68. The number of halogens is 1. The lowest BCUT2D eigenvalue weighted by atomic mass is 9.99. The third kappa shape index (κ3) is 6.83. The molecule has 0 saturated heterocycles. The molecule has 0 aliphatic heterocycles. The molecule has 172 valence electrons. The number of carbonyl (C=O) groups is 2. The van der Waals surface area contributed by atoms with Gasteiger partial charge in [-0.15, -0.1) is 0 Å².